The molecular formula is C16H25N3OS. The maximum absolute atomic E-state index is 7.92. The summed E-state index contributed by atoms with van der Waals surface area (Å²) in [6.07, 6.45) is 2.35. The minimum absolute atomic E-state index is 0.147. The molecule has 0 aromatic heterocycles. The molecule has 0 radical (unpaired) electrons. The first kappa shape index (κ1) is 16.2. The van der Waals surface area contributed by atoms with Crippen molar-refractivity contribution < 1.29 is 4.74 Å². The Morgan fingerprint density at radius 2 is 2.33 bits per heavy atom. The van der Waals surface area contributed by atoms with Crippen LogP contribution >= 0.6 is 11.8 Å². The third-order valence-corrected chi connectivity index (χ3v) is 4.71. The molecule has 0 bridgehead atoms. The van der Waals surface area contributed by atoms with Gasteiger partial charge in [0.2, 0.25) is 0 Å². The minimum atomic E-state index is 0.147. The summed E-state index contributed by atoms with van der Waals surface area (Å²) in [5.74, 6) is 1.68. The van der Waals surface area contributed by atoms with Crippen LogP contribution in [0, 0.1) is 11.3 Å². The molecule has 1 heterocycles. The highest BCUT2D eigenvalue weighted by atomic mass is 32.2. The number of anilines is 1. The first-order chi connectivity index (χ1) is 10.1. The molecule has 1 atom stereocenters. The van der Waals surface area contributed by atoms with Gasteiger partial charge in [0.25, 0.3) is 0 Å². The van der Waals surface area contributed by atoms with Crippen molar-refractivity contribution in [2.75, 3.05) is 37.5 Å². The third-order valence-electron chi connectivity index (χ3n) is 3.77. The summed E-state index contributed by atoms with van der Waals surface area (Å²) >= 11 is 1.74. The van der Waals surface area contributed by atoms with E-state index in [0.29, 0.717) is 5.92 Å². The molecule has 2 rings (SSSR count). The van der Waals surface area contributed by atoms with Gasteiger partial charge in [-0.15, -0.1) is 11.8 Å². The van der Waals surface area contributed by atoms with Gasteiger partial charge in [-0.25, -0.2) is 0 Å². The number of thioether (sulfide) groups is 1. The van der Waals surface area contributed by atoms with E-state index in [1.165, 1.54) is 6.42 Å². The van der Waals surface area contributed by atoms with E-state index in [1.807, 2.05) is 12.1 Å². The third kappa shape index (κ3) is 4.14. The van der Waals surface area contributed by atoms with Gasteiger partial charge in [-0.05, 0) is 36.6 Å². The smallest absolute Gasteiger partial charge is 0.126 e. The van der Waals surface area contributed by atoms with E-state index in [0.717, 1.165) is 48.1 Å². The molecule has 116 valence electrons. The van der Waals surface area contributed by atoms with Gasteiger partial charge in [0.05, 0.1) is 12.2 Å². The van der Waals surface area contributed by atoms with E-state index in [2.05, 4.69) is 24.9 Å². The van der Waals surface area contributed by atoms with Gasteiger partial charge in [-0.3, -0.25) is 5.41 Å². The Morgan fingerprint density at radius 1 is 1.52 bits per heavy atom. The lowest BCUT2D eigenvalue weighted by Gasteiger charge is -2.30. The molecular weight excluding hydrogens is 282 g/mol. The SMILES string of the molecule is CCSc1cccc(N(C)CC2CCCOC2)c1C(=N)N. The molecule has 1 aromatic carbocycles. The molecule has 3 N–H and O–H groups in total. The number of hydrogen-bond donors (Lipinski definition) is 2. The number of hydrogen-bond acceptors (Lipinski definition) is 4. The van der Waals surface area contributed by atoms with E-state index >= 15 is 0 Å². The fourth-order valence-electron chi connectivity index (χ4n) is 2.82. The van der Waals surface area contributed by atoms with Crippen molar-refractivity contribution in [1.82, 2.24) is 0 Å². The Morgan fingerprint density at radius 3 is 2.95 bits per heavy atom. The average molecular weight is 307 g/mol. The summed E-state index contributed by atoms with van der Waals surface area (Å²) in [6, 6.07) is 6.15. The van der Waals surface area contributed by atoms with Gasteiger partial charge in [-0.1, -0.05) is 13.0 Å². The summed E-state index contributed by atoms with van der Waals surface area (Å²) in [7, 11) is 2.08. The first-order valence-electron chi connectivity index (χ1n) is 7.52. The highest BCUT2D eigenvalue weighted by molar-refractivity contribution is 7.99. The van der Waals surface area contributed by atoms with Crippen LogP contribution in [0.2, 0.25) is 0 Å². The van der Waals surface area contributed by atoms with Crippen LogP contribution in [0.3, 0.4) is 0 Å². The second kappa shape index (κ2) is 7.71. The summed E-state index contributed by atoms with van der Waals surface area (Å²) in [4.78, 5) is 3.31. The lowest BCUT2D eigenvalue weighted by molar-refractivity contribution is 0.0576. The van der Waals surface area contributed by atoms with Crippen LogP contribution in [0.5, 0.6) is 0 Å². The molecule has 0 amide bonds. The fraction of sp³-hybridized carbons (Fsp3) is 0.562. The van der Waals surface area contributed by atoms with Crippen molar-refractivity contribution in [3.8, 4) is 0 Å². The van der Waals surface area contributed by atoms with E-state index < -0.39 is 0 Å². The number of amidine groups is 1. The number of nitrogens with zero attached hydrogens (tertiary/aromatic N) is 1. The predicted molar refractivity (Wildman–Crippen MR) is 90.7 cm³/mol. The summed E-state index contributed by atoms with van der Waals surface area (Å²) in [6.45, 7) is 4.79. The fourth-order valence-corrected chi connectivity index (χ4v) is 3.67. The Kier molecular flexibility index (Phi) is 5.94. The number of rotatable bonds is 6. The minimum Gasteiger partial charge on any atom is -0.384 e. The lowest BCUT2D eigenvalue weighted by atomic mass is 10.0. The molecule has 5 heteroatoms. The summed E-state index contributed by atoms with van der Waals surface area (Å²) < 4.78 is 5.56. The van der Waals surface area contributed by atoms with Gasteiger partial charge in [0, 0.05) is 30.8 Å². The monoisotopic (exact) mass is 307 g/mol. The quantitative estimate of drug-likeness (QED) is 0.482. The van der Waals surface area contributed by atoms with Crippen LogP contribution in [0.1, 0.15) is 25.3 Å². The Balaban J connectivity index is 2.20. The van der Waals surface area contributed by atoms with Crippen LogP contribution in [-0.2, 0) is 4.74 Å². The zero-order chi connectivity index (χ0) is 15.2. The van der Waals surface area contributed by atoms with Gasteiger partial charge in [0.1, 0.15) is 5.84 Å². The lowest BCUT2D eigenvalue weighted by Crippen LogP contribution is -2.32. The topological polar surface area (TPSA) is 62.3 Å². The Hall–Kier alpha value is -1.20. The van der Waals surface area contributed by atoms with Crippen LogP contribution in [0.25, 0.3) is 0 Å². The van der Waals surface area contributed by atoms with Gasteiger partial charge in [0.15, 0.2) is 0 Å². The molecule has 1 aromatic rings. The molecule has 1 saturated heterocycles. The van der Waals surface area contributed by atoms with Gasteiger partial charge < -0.3 is 15.4 Å². The number of nitrogens with two attached hydrogens (primary N) is 1. The average Bonchev–Trinajstić information content (AvgIpc) is 2.48. The molecule has 0 aliphatic carbocycles. The standard InChI is InChI=1S/C16H25N3OS/c1-3-21-14-8-4-7-13(15(14)16(17)18)19(2)10-12-6-5-9-20-11-12/h4,7-8,12H,3,5-6,9-11H2,1-2H3,(H3,17,18). The first-order valence-corrected chi connectivity index (χ1v) is 8.51. The number of ether oxygens (including phenoxy) is 1. The van der Waals surface area contributed by atoms with Crippen molar-refractivity contribution in [3.63, 3.8) is 0 Å². The Bertz CT molecular complexity index is 486. The molecule has 1 unspecified atom stereocenters. The van der Waals surface area contributed by atoms with Crippen molar-refractivity contribution in [3.05, 3.63) is 23.8 Å². The van der Waals surface area contributed by atoms with Gasteiger partial charge in [-0.2, -0.15) is 0 Å². The number of nitrogens with one attached hydrogen (secondary N) is 1. The van der Waals surface area contributed by atoms with Crippen LogP contribution in [-0.4, -0.2) is 38.4 Å². The number of nitrogen functional groups attached to an aromatic ring is 1. The van der Waals surface area contributed by atoms with Crippen molar-refractivity contribution in [1.29, 1.82) is 5.41 Å². The molecule has 0 spiro atoms. The molecule has 1 fully saturated rings. The maximum atomic E-state index is 7.92. The summed E-state index contributed by atoms with van der Waals surface area (Å²) in [5, 5.41) is 7.92. The van der Waals surface area contributed by atoms with Crippen LogP contribution in [0.4, 0.5) is 5.69 Å². The van der Waals surface area contributed by atoms with Gasteiger partial charge >= 0.3 is 0 Å². The molecule has 0 saturated carbocycles. The summed E-state index contributed by atoms with van der Waals surface area (Å²) in [5.41, 5.74) is 7.75. The van der Waals surface area contributed by atoms with Crippen molar-refractivity contribution in [2.45, 2.75) is 24.7 Å². The molecule has 4 nitrogen and oxygen atoms in total. The van der Waals surface area contributed by atoms with Crippen molar-refractivity contribution >= 4 is 23.3 Å². The second-order valence-electron chi connectivity index (χ2n) is 5.46. The van der Waals surface area contributed by atoms with E-state index in [1.54, 1.807) is 11.8 Å². The molecule has 21 heavy (non-hydrogen) atoms. The molecule has 1 aliphatic rings. The van der Waals surface area contributed by atoms with E-state index in [4.69, 9.17) is 15.9 Å². The van der Waals surface area contributed by atoms with Crippen molar-refractivity contribution in [2.24, 2.45) is 11.7 Å². The van der Waals surface area contributed by atoms with E-state index in [-0.39, 0.29) is 5.84 Å². The second-order valence-corrected chi connectivity index (χ2v) is 6.77. The Labute approximate surface area is 131 Å². The van der Waals surface area contributed by atoms with Crippen LogP contribution in [0.15, 0.2) is 23.1 Å². The van der Waals surface area contributed by atoms with E-state index in [9.17, 15) is 0 Å². The zero-order valence-electron chi connectivity index (χ0n) is 12.9. The predicted octanol–water partition coefficient (Wildman–Crippen LogP) is 2.95. The largest absolute Gasteiger partial charge is 0.384 e. The van der Waals surface area contributed by atoms with Crippen LogP contribution < -0.4 is 10.6 Å². The highest BCUT2D eigenvalue weighted by Gasteiger charge is 2.19. The number of benzene rings is 1. The normalized spacial score (nSPS) is 18.5. The highest BCUT2D eigenvalue weighted by Crippen LogP contribution is 2.31. The zero-order valence-corrected chi connectivity index (χ0v) is 13.7. The maximum Gasteiger partial charge on any atom is 0.126 e. The molecule has 1 aliphatic heterocycles.